The molecule has 1 aliphatic rings. The zero-order valence-corrected chi connectivity index (χ0v) is 13.9. The number of rotatable bonds is 6. The predicted molar refractivity (Wildman–Crippen MR) is 85.9 cm³/mol. The Labute approximate surface area is 126 Å². The number of nitrogens with one attached hydrogen (secondary N) is 1. The number of methoxy groups -OCH3 is 1. The molecule has 114 valence electrons. The van der Waals surface area contributed by atoms with E-state index in [1.807, 2.05) is 19.0 Å². The average molecular weight is 297 g/mol. The fourth-order valence-electron chi connectivity index (χ4n) is 2.84. The van der Waals surface area contributed by atoms with E-state index in [4.69, 9.17) is 4.74 Å². The lowest BCUT2D eigenvalue weighted by atomic mass is 9.84. The Bertz CT molecular complexity index is 413. The number of hydrogen-bond donors (Lipinski definition) is 1. The third-order valence-corrected chi connectivity index (χ3v) is 5.37. The summed E-state index contributed by atoms with van der Waals surface area (Å²) in [6, 6.07) is 0.574. The molecule has 2 rings (SSSR count). The molecule has 0 amide bonds. The van der Waals surface area contributed by atoms with E-state index in [9.17, 15) is 0 Å². The van der Waals surface area contributed by atoms with Crippen LogP contribution < -0.4 is 15.0 Å². The molecule has 1 heterocycles. The van der Waals surface area contributed by atoms with Gasteiger partial charge in [-0.3, -0.25) is 0 Å². The topological polar surface area (TPSA) is 37.4 Å². The van der Waals surface area contributed by atoms with Gasteiger partial charge in [-0.15, -0.1) is 0 Å². The van der Waals surface area contributed by atoms with Crippen LogP contribution in [0.15, 0.2) is 0 Å². The minimum atomic E-state index is 0.574. The van der Waals surface area contributed by atoms with Crippen molar-refractivity contribution in [2.24, 2.45) is 5.92 Å². The molecular formula is C15H27N3OS. The highest BCUT2D eigenvalue weighted by Gasteiger charge is 2.21. The number of nitrogens with zero attached hydrogens (tertiary/aromatic N) is 2. The smallest absolute Gasteiger partial charge is 0.230 e. The Balaban J connectivity index is 1.92. The van der Waals surface area contributed by atoms with E-state index in [0.29, 0.717) is 6.04 Å². The fraction of sp³-hybridized carbons (Fsp3) is 0.800. The standard InChI is InChI=1S/C15H27N3OS/c1-11(12-8-6-5-7-9-12)16-10-13-14(19-4)17-15(20-13)18(2)3/h11-12,16H,5-10H2,1-4H3. The lowest BCUT2D eigenvalue weighted by Gasteiger charge is -2.28. The number of aromatic nitrogens is 1. The van der Waals surface area contributed by atoms with Crippen LogP contribution in [0, 0.1) is 5.92 Å². The summed E-state index contributed by atoms with van der Waals surface area (Å²) < 4.78 is 5.39. The molecule has 1 fully saturated rings. The highest BCUT2D eigenvalue weighted by molar-refractivity contribution is 7.15. The molecule has 20 heavy (non-hydrogen) atoms. The van der Waals surface area contributed by atoms with Crippen molar-refractivity contribution in [3.63, 3.8) is 0 Å². The maximum atomic E-state index is 5.39. The highest BCUT2D eigenvalue weighted by Crippen LogP contribution is 2.31. The maximum absolute atomic E-state index is 5.39. The molecule has 0 radical (unpaired) electrons. The van der Waals surface area contributed by atoms with E-state index >= 15 is 0 Å². The van der Waals surface area contributed by atoms with Crippen molar-refractivity contribution in [3.8, 4) is 5.88 Å². The Morgan fingerprint density at radius 3 is 2.65 bits per heavy atom. The first-order valence-corrected chi connectivity index (χ1v) is 8.38. The summed E-state index contributed by atoms with van der Waals surface area (Å²) in [5.74, 6) is 1.60. The molecule has 1 N–H and O–H groups in total. The second-order valence-corrected chi connectivity index (χ2v) is 6.95. The van der Waals surface area contributed by atoms with Gasteiger partial charge in [0.15, 0.2) is 5.13 Å². The molecule has 0 aromatic carbocycles. The van der Waals surface area contributed by atoms with Gasteiger partial charge in [0.2, 0.25) is 5.88 Å². The highest BCUT2D eigenvalue weighted by atomic mass is 32.1. The number of ether oxygens (including phenoxy) is 1. The van der Waals surface area contributed by atoms with E-state index in [0.717, 1.165) is 23.5 Å². The quantitative estimate of drug-likeness (QED) is 0.874. The van der Waals surface area contributed by atoms with Gasteiger partial charge in [-0.1, -0.05) is 30.6 Å². The Hall–Kier alpha value is -0.810. The lowest BCUT2D eigenvalue weighted by molar-refractivity contribution is 0.280. The molecule has 0 bridgehead atoms. The van der Waals surface area contributed by atoms with Crippen molar-refractivity contribution < 1.29 is 4.74 Å². The first-order chi connectivity index (χ1) is 9.61. The summed E-state index contributed by atoms with van der Waals surface area (Å²) in [4.78, 5) is 7.72. The zero-order valence-electron chi connectivity index (χ0n) is 13.1. The van der Waals surface area contributed by atoms with Crippen molar-refractivity contribution in [2.75, 3.05) is 26.1 Å². The third-order valence-electron chi connectivity index (χ3n) is 4.17. The summed E-state index contributed by atoms with van der Waals surface area (Å²) in [6.07, 6.45) is 6.95. The van der Waals surface area contributed by atoms with Gasteiger partial charge >= 0.3 is 0 Å². The minimum Gasteiger partial charge on any atom is -0.480 e. The van der Waals surface area contributed by atoms with Crippen LogP contribution in [-0.2, 0) is 6.54 Å². The van der Waals surface area contributed by atoms with Gasteiger partial charge in [-0.2, -0.15) is 4.98 Å². The van der Waals surface area contributed by atoms with E-state index in [1.54, 1.807) is 18.4 Å². The number of anilines is 1. The van der Waals surface area contributed by atoms with Crippen LogP contribution >= 0.6 is 11.3 Å². The van der Waals surface area contributed by atoms with Crippen molar-refractivity contribution in [1.82, 2.24) is 10.3 Å². The normalized spacial score (nSPS) is 18.0. The van der Waals surface area contributed by atoms with E-state index in [1.165, 1.54) is 37.0 Å². The first-order valence-electron chi connectivity index (χ1n) is 7.56. The van der Waals surface area contributed by atoms with Gasteiger partial charge in [0, 0.05) is 26.7 Å². The number of hydrogen-bond acceptors (Lipinski definition) is 5. The van der Waals surface area contributed by atoms with Crippen LogP contribution in [0.1, 0.15) is 43.9 Å². The average Bonchev–Trinajstić information content (AvgIpc) is 2.89. The molecule has 1 aliphatic carbocycles. The molecular weight excluding hydrogens is 270 g/mol. The van der Waals surface area contributed by atoms with E-state index in [-0.39, 0.29) is 0 Å². The van der Waals surface area contributed by atoms with Crippen molar-refractivity contribution in [2.45, 2.75) is 51.6 Å². The molecule has 1 aromatic heterocycles. The second kappa shape index (κ2) is 7.27. The fourth-order valence-corrected chi connectivity index (χ4v) is 3.75. The van der Waals surface area contributed by atoms with Crippen LogP contribution in [0.25, 0.3) is 0 Å². The monoisotopic (exact) mass is 297 g/mol. The third kappa shape index (κ3) is 3.85. The molecule has 0 saturated heterocycles. The van der Waals surface area contributed by atoms with Gasteiger partial charge < -0.3 is 15.0 Å². The maximum Gasteiger partial charge on any atom is 0.230 e. The molecule has 0 spiro atoms. The van der Waals surface area contributed by atoms with Crippen molar-refractivity contribution in [3.05, 3.63) is 4.88 Å². The van der Waals surface area contributed by atoms with Gasteiger partial charge in [0.05, 0.1) is 12.0 Å². The summed E-state index contributed by atoms with van der Waals surface area (Å²) in [5.41, 5.74) is 0. The number of thiazole rings is 1. The molecule has 1 saturated carbocycles. The second-order valence-electron chi connectivity index (χ2n) is 5.89. The SMILES string of the molecule is COc1nc(N(C)C)sc1CNC(C)C1CCCCC1. The van der Waals surface area contributed by atoms with E-state index < -0.39 is 0 Å². The summed E-state index contributed by atoms with van der Waals surface area (Å²) in [6.45, 7) is 3.17. The molecule has 1 unspecified atom stereocenters. The molecule has 4 nitrogen and oxygen atoms in total. The van der Waals surface area contributed by atoms with Gasteiger partial charge in [0.1, 0.15) is 0 Å². The molecule has 5 heteroatoms. The van der Waals surface area contributed by atoms with Crippen LogP contribution in [0.4, 0.5) is 5.13 Å². The summed E-state index contributed by atoms with van der Waals surface area (Å²) in [7, 11) is 5.73. The minimum absolute atomic E-state index is 0.574. The molecule has 1 aromatic rings. The summed E-state index contributed by atoms with van der Waals surface area (Å²) in [5, 5.41) is 4.67. The first kappa shape index (κ1) is 15.6. The van der Waals surface area contributed by atoms with Gasteiger partial charge in [0.25, 0.3) is 0 Å². The van der Waals surface area contributed by atoms with Gasteiger partial charge in [-0.25, -0.2) is 0 Å². The van der Waals surface area contributed by atoms with Crippen LogP contribution in [-0.4, -0.2) is 32.2 Å². The predicted octanol–water partition coefficient (Wildman–Crippen LogP) is 3.28. The van der Waals surface area contributed by atoms with E-state index in [2.05, 4.69) is 17.2 Å². The van der Waals surface area contributed by atoms with Crippen molar-refractivity contribution in [1.29, 1.82) is 0 Å². The lowest BCUT2D eigenvalue weighted by Crippen LogP contribution is -2.34. The van der Waals surface area contributed by atoms with Crippen molar-refractivity contribution >= 4 is 16.5 Å². The van der Waals surface area contributed by atoms with Crippen LogP contribution in [0.2, 0.25) is 0 Å². The Kier molecular flexibility index (Phi) is 5.66. The van der Waals surface area contributed by atoms with Crippen LogP contribution in [0.3, 0.4) is 0 Å². The zero-order chi connectivity index (χ0) is 14.5. The largest absolute Gasteiger partial charge is 0.480 e. The Morgan fingerprint density at radius 2 is 2.05 bits per heavy atom. The van der Waals surface area contributed by atoms with Gasteiger partial charge in [-0.05, 0) is 25.7 Å². The Morgan fingerprint density at radius 1 is 1.35 bits per heavy atom. The summed E-state index contributed by atoms with van der Waals surface area (Å²) >= 11 is 1.71. The molecule has 1 atom stereocenters. The van der Waals surface area contributed by atoms with Crippen LogP contribution in [0.5, 0.6) is 5.88 Å². The molecule has 0 aliphatic heterocycles.